The van der Waals surface area contributed by atoms with Crippen LogP contribution in [0.3, 0.4) is 0 Å². The fourth-order valence-electron chi connectivity index (χ4n) is 2.37. The molecule has 23 heavy (non-hydrogen) atoms. The van der Waals surface area contributed by atoms with Crippen LogP contribution in [0.1, 0.15) is 32.3 Å². The second kappa shape index (κ2) is 7.14. The molecule has 1 heterocycles. The molecule has 6 nitrogen and oxygen atoms in total. The molecule has 0 saturated carbocycles. The van der Waals surface area contributed by atoms with Crippen molar-refractivity contribution in [2.24, 2.45) is 0 Å². The number of fused-ring (bicyclic) bond motifs is 1. The van der Waals surface area contributed by atoms with Crippen molar-refractivity contribution in [3.05, 3.63) is 40.2 Å². The SMILES string of the molecule is CCCN(CCC)S(=O)(=O)Oc1ccc2c(C)cc(=O)oc2c1. The predicted octanol–water partition coefficient (Wildman–Crippen LogP) is 2.85. The van der Waals surface area contributed by atoms with Crippen LogP contribution in [0.25, 0.3) is 11.0 Å². The maximum Gasteiger partial charge on any atom is 0.385 e. The van der Waals surface area contributed by atoms with E-state index in [1.165, 1.54) is 16.4 Å². The highest BCUT2D eigenvalue weighted by Crippen LogP contribution is 2.24. The Morgan fingerprint density at radius 1 is 1.13 bits per heavy atom. The lowest BCUT2D eigenvalue weighted by Crippen LogP contribution is -2.35. The summed E-state index contributed by atoms with van der Waals surface area (Å²) in [5.74, 6) is 0.128. The average Bonchev–Trinajstić information content (AvgIpc) is 2.46. The molecule has 0 amide bonds. The van der Waals surface area contributed by atoms with Crippen molar-refractivity contribution >= 4 is 21.3 Å². The van der Waals surface area contributed by atoms with Crippen molar-refractivity contribution in [1.82, 2.24) is 4.31 Å². The maximum absolute atomic E-state index is 12.4. The summed E-state index contributed by atoms with van der Waals surface area (Å²) in [6.07, 6.45) is 1.41. The van der Waals surface area contributed by atoms with E-state index < -0.39 is 15.9 Å². The Morgan fingerprint density at radius 3 is 2.39 bits per heavy atom. The number of nitrogens with zero attached hydrogens (tertiary/aromatic N) is 1. The van der Waals surface area contributed by atoms with Gasteiger partial charge in [-0.2, -0.15) is 12.7 Å². The molecule has 0 bridgehead atoms. The fraction of sp³-hybridized carbons (Fsp3) is 0.438. The number of benzene rings is 1. The molecule has 0 aliphatic rings. The number of hydrogen-bond donors (Lipinski definition) is 0. The van der Waals surface area contributed by atoms with Crippen molar-refractivity contribution < 1.29 is 17.0 Å². The molecule has 0 saturated heterocycles. The molecule has 126 valence electrons. The van der Waals surface area contributed by atoms with E-state index in [0.29, 0.717) is 31.5 Å². The molecule has 2 aromatic rings. The summed E-state index contributed by atoms with van der Waals surface area (Å²) < 4.78 is 36.3. The lowest BCUT2D eigenvalue weighted by Gasteiger charge is -2.20. The van der Waals surface area contributed by atoms with Gasteiger partial charge in [-0.15, -0.1) is 0 Å². The van der Waals surface area contributed by atoms with Gasteiger partial charge in [-0.1, -0.05) is 13.8 Å². The quantitative estimate of drug-likeness (QED) is 0.725. The average molecular weight is 339 g/mol. The van der Waals surface area contributed by atoms with E-state index in [1.54, 1.807) is 19.1 Å². The highest BCUT2D eigenvalue weighted by Gasteiger charge is 2.23. The smallest absolute Gasteiger partial charge is 0.385 e. The van der Waals surface area contributed by atoms with E-state index in [-0.39, 0.29) is 5.75 Å². The molecule has 0 atom stereocenters. The molecule has 0 unspecified atom stereocenters. The largest absolute Gasteiger partial charge is 0.423 e. The number of aryl methyl sites for hydroxylation is 1. The normalized spacial score (nSPS) is 12.0. The molecule has 1 aromatic heterocycles. The van der Waals surface area contributed by atoms with Gasteiger partial charge in [0.05, 0.1) is 0 Å². The van der Waals surface area contributed by atoms with Crippen molar-refractivity contribution in [3.63, 3.8) is 0 Å². The van der Waals surface area contributed by atoms with E-state index in [9.17, 15) is 13.2 Å². The first kappa shape index (κ1) is 17.5. The zero-order chi connectivity index (χ0) is 17.0. The topological polar surface area (TPSA) is 76.8 Å². The van der Waals surface area contributed by atoms with Crippen LogP contribution in [0.5, 0.6) is 5.75 Å². The van der Waals surface area contributed by atoms with Gasteiger partial charge >= 0.3 is 15.9 Å². The molecule has 2 rings (SSSR count). The zero-order valence-corrected chi connectivity index (χ0v) is 14.4. The molecule has 0 radical (unpaired) electrons. The third kappa shape index (κ3) is 4.11. The first-order valence-corrected chi connectivity index (χ1v) is 8.98. The van der Waals surface area contributed by atoms with E-state index in [1.807, 2.05) is 13.8 Å². The van der Waals surface area contributed by atoms with E-state index in [4.69, 9.17) is 8.60 Å². The Hall–Kier alpha value is -1.86. The van der Waals surface area contributed by atoms with Gasteiger partial charge < -0.3 is 8.60 Å². The summed E-state index contributed by atoms with van der Waals surface area (Å²) in [5, 5.41) is 0.744. The highest BCUT2D eigenvalue weighted by molar-refractivity contribution is 7.84. The minimum atomic E-state index is -3.88. The molecule has 0 N–H and O–H groups in total. The van der Waals surface area contributed by atoms with E-state index in [0.717, 1.165) is 10.9 Å². The van der Waals surface area contributed by atoms with Gasteiger partial charge in [-0.3, -0.25) is 0 Å². The van der Waals surface area contributed by atoms with Crippen LogP contribution in [0.4, 0.5) is 0 Å². The molecule has 7 heteroatoms. The van der Waals surface area contributed by atoms with Gasteiger partial charge in [0.1, 0.15) is 11.3 Å². The van der Waals surface area contributed by atoms with Crippen molar-refractivity contribution in [2.45, 2.75) is 33.6 Å². The molecule has 1 aromatic carbocycles. The Labute approximate surface area is 135 Å². The summed E-state index contributed by atoms with van der Waals surface area (Å²) in [6.45, 7) is 6.41. The van der Waals surface area contributed by atoms with Crippen LogP contribution in [0.2, 0.25) is 0 Å². The summed E-state index contributed by atoms with van der Waals surface area (Å²) in [4.78, 5) is 11.4. The van der Waals surface area contributed by atoms with Crippen LogP contribution in [0.15, 0.2) is 33.5 Å². The van der Waals surface area contributed by atoms with Gasteiger partial charge in [-0.25, -0.2) is 4.79 Å². The van der Waals surface area contributed by atoms with Crippen LogP contribution >= 0.6 is 0 Å². The lowest BCUT2D eigenvalue weighted by atomic mass is 10.1. The molecule has 0 spiro atoms. The predicted molar refractivity (Wildman–Crippen MR) is 88.9 cm³/mol. The molecule has 0 fully saturated rings. The lowest BCUT2D eigenvalue weighted by molar-refractivity contribution is 0.355. The van der Waals surface area contributed by atoms with Crippen LogP contribution in [-0.2, 0) is 10.3 Å². The second-order valence-corrected chi connectivity index (χ2v) is 6.89. The van der Waals surface area contributed by atoms with E-state index >= 15 is 0 Å². The molecule has 0 aliphatic carbocycles. The standard InChI is InChI=1S/C16H21NO5S/c1-4-8-17(9-5-2)23(19,20)22-13-6-7-14-12(3)10-16(18)21-15(14)11-13/h6-7,10-11H,4-5,8-9H2,1-3H3. The van der Waals surface area contributed by atoms with E-state index in [2.05, 4.69) is 0 Å². The van der Waals surface area contributed by atoms with Crippen molar-refractivity contribution in [3.8, 4) is 5.75 Å². The third-order valence-corrected chi connectivity index (χ3v) is 4.79. The third-order valence-electron chi connectivity index (χ3n) is 3.39. The fourth-order valence-corrected chi connectivity index (χ4v) is 3.63. The number of hydrogen-bond acceptors (Lipinski definition) is 5. The van der Waals surface area contributed by atoms with Crippen LogP contribution < -0.4 is 9.81 Å². The summed E-state index contributed by atoms with van der Waals surface area (Å²) in [6, 6.07) is 6.06. The maximum atomic E-state index is 12.4. The van der Waals surface area contributed by atoms with Crippen molar-refractivity contribution in [2.75, 3.05) is 13.1 Å². The number of rotatable bonds is 7. The Balaban J connectivity index is 2.35. The Kier molecular flexibility index (Phi) is 5.43. The van der Waals surface area contributed by atoms with Gasteiger partial charge in [0.15, 0.2) is 0 Å². The summed E-state index contributed by atoms with van der Waals surface area (Å²) in [7, 11) is -3.88. The molecular formula is C16H21NO5S. The second-order valence-electron chi connectivity index (χ2n) is 5.35. The Bertz CT molecular complexity index is 835. The molecule has 0 aliphatic heterocycles. The monoisotopic (exact) mass is 339 g/mol. The summed E-state index contributed by atoms with van der Waals surface area (Å²) in [5.41, 5.74) is 0.595. The van der Waals surface area contributed by atoms with Gasteiger partial charge in [0, 0.05) is 30.6 Å². The first-order valence-electron chi connectivity index (χ1n) is 7.61. The minimum absolute atomic E-state index is 0.128. The zero-order valence-electron chi connectivity index (χ0n) is 13.5. The first-order chi connectivity index (χ1) is 10.9. The Morgan fingerprint density at radius 2 is 1.78 bits per heavy atom. The highest BCUT2D eigenvalue weighted by atomic mass is 32.2. The summed E-state index contributed by atoms with van der Waals surface area (Å²) >= 11 is 0. The van der Waals surface area contributed by atoms with Crippen LogP contribution in [0, 0.1) is 6.92 Å². The van der Waals surface area contributed by atoms with Gasteiger partial charge in [0.25, 0.3) is 0 Å². The van der Waals surface area contributed by atoms with Crippen LogP contribution in [-0.4, -0.2) is 25.8 Å². The van der Waals surface area contributed by atoms with Gasteiger partial charge in [-0.05, 0) is 37.5 Å². The van der Waals surface area contributed by atoms with Crippen molar-refractivity contribution in [1.29, 1.82) is 0 Å². The molecular weight excluding hydrogens is 318 g/mol. The minimum Gasteiger partial charge on any atom is -0.423 e. The van der Waals surface area contributed by atoms with Gasteiger partial charge in [0.2, 0.25) is 0 Å².